The van der Waals surface area contributed by atoms with Crippen LogP contribution < -0.4 is 0 Å². The van der Waals surface area contributed by atoms with Crippen molar-refractivity contribution < 1.29 is 9.90 Å². The van der Waals surface area contributed by atoms with Crippen molar-refractivity contribution >= 4 is 5.97 Å². The largest absolute Gasteiger partial charge is 0.478 e. The van der Waals surface area contributed by atoms with Crippen LogP contribution in [-0.2, 0) is 13.1 Å². The van der Waals surface area contributed by atoms with E-state index in [1.54, 1.807) is 31.1 Å². The average molecular weight is 248 g/mol. The number of hydrogen-bond acceptors (Lipinski definition) is 3. The first-order valence-corrected chi connectivity index (χ1v) is 5.82. The van der Waals surface area contributed by atoms with Crippen LogP contribution in [0.3, 0.4) is 0 Å². The summed E-state index contributed by atoms with van der Waals surface area (Å²) in [6.45, 7) is 5.07. The summed E-state index contributed by atoms with van der Waals surface area (Å²) < 4.78 is 3.75. The summed E-state index contributed by atoms with van der Waals surface area (Å²) in [6.07, 6.45) is 6.30. The topological polar surface area (TPSA) is 72.9 Å². The lowest BCUT2D eigenvalue weighted by Gasteiger charge is -2.05. The predicted molar refractivity (Wildman–Crippen MR) is 65.5 cm³/mol. The molecule has 1 N–H and O–H groups in total. The fourth-order valence-corrected chi connectivity index (χ4v) is 2.05. The zero-order chi connectivity index (χ0) is 13.1. The van der Waals surface area contributed by atoms with Gasteiger partial charge in [0.05, 0.1) is 17.7 Å². The first kappa shape index (κ1) is 12.3. The highest BCUT2D eigenvalue weighted by atomic mass is 16.4. The van der Waals surface area contributed by atoms with E-state index in [-0.39, 0.29) is 0 Å². The fraction of sp³-hybridized carbons (Fsp3) is 0.417. The molecule has 0 unspecified atom stereocenters. The third kappa shape index (κ3) is 2.42. The van der Waals surface area contributed by atoms with Gasteiger partial charge in [-0.25, -0.2) is 9.78 Å². The van der Waals surface area contributed by atoms with Crippen LogP contribution in [0, 0.1) is 13.8 Å². The van der Waals surface area contributed by atoms with E-state index in [4.69, 9.17) is 5.11 Å². The molecular weight excluding hydrogens is 232 g/mol. The molecule has 0 saturated carbocycles. The number of carboxylic acids is 1. The molecule has 6 nitrogen and oxygen atoms in total. The van der Waals surface area contributed by atoms with Crippen LogP contribution in [0.2, 0.25) is 0 Å². The summed E-state index contributed by atoms with van der Waals surface area (Å²) in [7, 11) is 0. The van der Waals surface area contributed by atoms with Gasteiger partial charge in [-0.1, -0.05) is 0 Å². The van der Waals surface area contributed by atoms with Crippen molar-refractivity contribution in [2.24, 2.45) is 0 Å². The van der Waals surface area contributed by atoms with Crippen LogP contribution in [0.5, 0.6) is 0 Å². The highest BCUT2D eigenvalue weighted by Gasteiger charge is 2.17. The van der Waals surface area contributed by atoms with Crippen molar-refractivity contribution in [3.05, 3.63) is 35.7 Å². The molecule has 0 aromatic carbocycles. The van der Waals surface area contributed by atoms with Gasteiger partial charge in [0.1, 0.15) is 5.56 Å². The maximum absolute atomic E-state index is 11.1. The molecule has 2 aromatic heterocycles. The maximum atomic E-state index is 11.1. The number of nitrogens with zero attached hydrogens (tertiary/aromatic N) is 4. The number of aromatic nitrogens is 4. The molecule has 96 valence electrons. The lowest BCUT2D eigenvalue weighted by atomic mass is 10.2. The Labute approximate surface area is 105 Å². The van der Waals surface area contributed by atoms with E-state index in [0.29, 0.717) is 23.5 Å². The minimum Gasteiger partial charge on any atom is -0.478 e. The van der Waals surface area contributed by atoms with Crippen LogP contribution in [0.15, 0.2) is 18.7 Å². The van der Waals surface area contributed by atoms with Crippen molar-refractivity contribution in [2.75, 3.05) is 0 Å². The Balaban J connectivity index is 2.02. The third-order valence-corrected chi connectivity index (χ3v) is 2.94. The van der Waals surface area contributed by atoms with E-state index in [9.17, 15) is 4.79 Å². The van der Waals surface area contributed by atoms with Crippen molar-refractivity contribution in [3.63, 3.8) is 0 Å². The zero-order valence-corrected chi connectivity index (χ0v) is 10.5. The molecule has 0 amide bonds. The summed E-state index contributed by atoms with van der Waals surface area (Å²) in [5.41, 5.74) is 1.60. The smallest absolute Gasteiger partial charge is 0.339 e. The van der Waals surface area contributed by atoms with Gasteiger partial charge in [0, 0.05) is 25.5 Å². The summed E-state index contributed by atoms with van der Waals surface area (Å²) in [5, 5.41) is 13.3. The first-order chi connectivity index (χ1) is 8.59. The molecule has 0 aliphatic heterocycles. The summed E-state index contributed by atoms with van der Waals surface area (Å²) in [5.74, 6) is -0.911. The van der Waals surface area contributed by atoms with Crippen molar-refractivity contribution in [2.45, 2.75) is 33.4 Å². The number of hydrogen-bond donors (Lipinski definition) is 1. The second-order valence-corrected chi connectivity index (χ2v) is 4.23. The summed E-state index contributed by atoms with van der Waals surface area (Å²) in [6, 6.07) is 0. The van der Waals surface area contributed by atoms with E-state index in [1.807, 2.05) is 10.8 Å². The van der Waals surface area contributed by atoms with E-state index < -0.39 is 5.97 Å². The molecule has 2 heterocycles. The number of carbonyl (C=O) groups is 1. The van der Waals surface area contributed by atoms with Gasteiger partial charge in [0.2, 0.25) is 0 Å². The monoisotopic (exact) mass is 248 g/mol. The Kier molecular flexibility index (Phi) is 3.45. The predicted octanol–water partition coefficient (Wildman–Crippen LogP) is 1.48. The van der Waals surface area contributed by atoms with E-state index in [0.717, 1.165) is 13.0 Å². The highest BCUT2D eigenvalue weighted by Crippen LogP contribution is 2.13. The van der Waals surface area contributed by atoms with Crippen LogP contribution >= 0.6 is 0 Å². The lowest BCUT2D eigenvalue weighted by molar-refractivity contribution is 0.0695. The molecule has 0 fully saturated rings. The molecule has 2 rings (SSSR count). The number of carboxylic acid groups (broad SMARTS) is 1. The molecule has 0 radical (unpaired) electrons. The molecule has 6 heteroatoms. The SMILES string of the molecule is Cc1nn(CCCn2ccnc2)c(C)c1C(=O)O. The Bertz CT molecular complexity index is 543. The molecule has 0 aliphatic rings. The number of aryl methyl sites for hydroxylation is 3. The summed E-state index contributed by atoms with van der Waals surface area (Å²) in [4.78, 5) is 15.0. The Hall–Kier alpha value is -2.11. The molecule has 18 heavy (non-hydrogen) atoms. The maximum Gasteiger partial charge on any atom is 0.339 e. The Morgan fingerprint density at radius 3 is 2.72 bits per heavy atom. The second-order valence-electron chi connectivity index (χ2n) is 4.23. The molecule has 0 aliphatic carbocycles. The second kappa shape index (κ2) is 5.03. The highest BCUT2D eigenvalue weighted by molar-refractivity contribution is 5.90. The van der Waals surface area contributed by atoms with Gasteiger partial charge in [-0.2, -0.15) is 5.10 Å². The molecule has 0 spiro atoms. The quantitative estimate of drug-likeness (QED) is 0.870. The number of rotatable bonds is 5. The van der Waals surface area contributed by atoms with Crippen molar-refractivity contribution in [1.82, 2.24) is 19.3 Å². The van der Waals surface area contributed by atoms with Crippen molar-refractivity contribution in [1.29, 1.82) is 0 Å². The minimum absolute atomic E-state index is 0.317. The van der Waals surface area contributed by atoms with Gasteiger partial charge in [-0.3, -0.25) is 4.68 Å². The zero-order valence-electron chi connectivity index (χ0n) is 10.5. The van der Waals surface area contributed by atoms with E-state index >= 15 is 0 Å². The molecule has 0 bridgehead atoms. The number of aromatic carboxylic acids is 1. The van der Waals surface area contributed by atoms with Gasteiger partial charge >= 0.3 is 5.97 Å². The van der Waals surface area contributed by atoms with Crippen LogP contribution in [0.4, 0.5) is 0 Å². The fourth-order valence-electron chi connectivity index (χ4n) is 2.05. The Morgan fingerprint density at radius 1 is 1.39 bits per heavy atom. The lowest BCUT2D eigenvalue weighted by Crippen LogP contribution is -2.07. The first-order valence-electron chi connectivity index (χ1n) is 5.82. The molecule has 0 saturated heterocycles. The van der Waals surface area contributed by atoms with Crippen LogP contribution in [-0.4, -0.2) is 30.4 Å². The molecule has 0 atom stereocenters. The average Bonchev–Trinajstić information content (AvgIpc) is 2.88. The third-order valence-electron chi connectivity index (χ3n) is 2.94. The van der Waals surface area contributed by atoms with E-state index in [1.165, 1.54) is 0 Å². The van der Waals surface area contributed by atoms with Crippen LogP contribution in [0.1, 0.15) is 28.2 Å². The number of imidazole rings is 1. The van der Waals surface area contributed by atoms with Gasteiger partial charge in [0.25, 0.3) is 0 Å². The van der Waals surface area contributed by atoms with Crippen LogP contribution in [0.25, 0.3) is 0 Å². The molecule has 2 aromatic rings. The normalized spacial score (nSPS) is 10.8. The molecular formula is C12H16N4O2. The van der Waals surface area contributed by atoms with Gasteiger partial charge in [-0.15, -0.1) is 0 Å². The van der Waals surface area contributed by atoms with Gasteiger partial charge in [0.15, 0.2) is 0 Å². The minimum atomic E-state index is -0.911. The van der Waals surface area contributed by atoms with Gasteiger partial charge in [-0.05, 0) is 20.3 Å². The van der Waals surface area contributed by atoms with Crippen molar-refractivity contribution in [3.8, 4) is 0 Å². The van der Waals surface area contributed by atoms with Gasteiger partial charge < -0.3 is 9.67 Å². The standard InChI is InChI=1S/C12H16N4O2/c1-9-11(12(17)18)10(2)16(14-9)6-3-5-15-7-4-13-8-15/h4,7-8H,3,5-6H2,1-2H3,(H,17,18). The Morgan fingerprint density at radius 2 is 2.17 bits per heavy atom. The summed E-state index contributed by atoms with van der Waals surface area (Å²) >= 11 is 0. The van der Waals surface area contributed by atoms with E-state index in [2.05, 4.69) is 10.1 Å².